The van der Waals surface area contributed by atoms with E-state index < -0.39 is 11.3 Å². The molecule has 0 fully saturated rings. The third kappa shape index (κ3) is 2.31. The Labute approximate surface area is 135 Å². The molecule has 23 heavy (non-hydrogen) atoms. The average Bonchev–Trinajstić information content (AvgIpc) is 2.92. The van der Waals surface area contributed by atoms with E-state index in [0.29, 0.717) is 6.42 Å². The van der Waals surface area contributed by atoms with Gasteiger partial charge in [0.1, 0.15) is 5.92 Å². The van der Waals surface area contributed by atoms with Gasteiger partial charge in [-0.3, -0.25) is 9.59 Å². The van der Waals surface area contributed by atoms with Crippen LogP contribution in [0.2, 0.25) is 0 Å². The summed E-state index contributed by atoms with van der Waals surface area (Å²) in [6, 6.07) is 7.94. The largest absolute Gasteiger partial charge is 0.469 e. The molecule has 2 atom stereocenters. The van der Waals surface area contributed by atoms with Crippen molar-refractivity contribution in [3.8, 4) is 0 Å². The van der Waals surface area contributed by atoms with Crippen LogP contribution < -0.4 is 0 Å². The van der Waals surface area contributed by atoms with Crippen LogP contribution in [0.15, 0.2) is 24.3 Å². The number of carbonyl (C=O) groups excluding carboxylic acids is 2. The Bertz CT molecular complexity index is 763. The SMILES string of the molecule is CCOC(=O)[C@H]1c2[nH]c3ccccc3c2CC[C@@]1(C)C(=O)OC. The normalized spacial score (nSPS) is 23.3. The third-order valence-corrected chi connectivity index (χ3v) is 4.84. The molecule has 2 aromatic rings. The van der Waals surface area contributed by atoms with E-state index >= 15 is 0 Å². The standard InChI is InChI=1S/C18H21NO4/c1-4-23-16(20)14-15-12(9-10-18(14,2)17(21)22-3)11-7-5-6-8-13(11)19-15/h5-8,14,19H,4,9-10H2,1-3H3/t14-,18-/m1/s1. The number of para-hydroxylation sites is 1. The van der Waals surface area contributed by atoms with Gasteiger partial charge in [-0.05, 0) is 38.3 Å². The summed E-state index contributed by atoms with van der Waals surface area (Å²) in [4.78, 5) is 28.3. The number of rotatable bonds is 3. The minimum Gasteiger partial charge on any atom is -0.469 e. The topological polar surface area (TPSA) is 68.4 Å². The van der Waals surface area contributed by atoms with Crippen molar-refractivity contribution in [2.45, 2.75) is 32.6 Å². The Morgan fingerprint density at radius 2 is 2.09 bits per heavy atom. The molecule has 1 aromatic carbocycles. The molecule has 5 heteroatoms. The Balaban J connectivity index is 2.18. The second-order valence-electron chi connectivity index (χ2n) is 6.16. The predicted molar refractivity (Wildman–Crippen MR) is 86.1 cm³/mol. The van der Waals surface area contributed by atoms with Crippen LogP contribution in [0.3, 0.4) is 0 Å². The molecule has 1 aliphatic carbocycles. The fourth-order valence-electron chi connectivity index (χ4n) is 3.64. The van der Waals surface area contributed by atoms with Gasteiger partial charge in [0.2, 0.25) is 0 Å². The first-order valence-corrected chi connectivity index (χ1v) is 7.87. The summed E-state index contributed by atoms with van der Waals surface area (Å²) in [5.41, 5.74) is 1.93. The zero-order chi connectivity index (χ0) is 16.6. The summed E-state index contributed by atoms with van der Waals surface area (Å²) in [7, 11) is 1.36. The van der Waals surface area contributed by atoms with E-state index in [-0.39, 0.29) is 18.5 Å². The number of aromatic amines is 1. The van der Waals surface area contributed by atoms with Gasteiger partial charge in [-0.2, -0.15) is 0 Å². The number of esters is 2. The molecule has 1 heterocycles. The molecule has 0 saturated carbocycles. The third-order valence-electron chi connectivity index (χ3n) is 4.84. The number of carbonyl (C=O) groups is 2. The maximum Gasteiger partial charge on any atom is 0.316 e. The number of hydrogen-bond acceptors (Lipinski definition) is 4. The zero-order valence-electron chi connectivity index (χ0n) is 13.6. The van der Waals surface area contributed by atoms with Crippen LogP contribution >= 0.6 is 0 Å². The van der Waals surface area contributed by atoms with Gasteiger partial charge in [0, 0.05) is 16.6 Å². The van der Waals surface area contributed by atoms with Crippen molar-refractivity contribution in [2.24, 2.45) is 5.41 Å². The lowest BCUT2D eigenvalue weighted by molar-refractivity contribution is -0.163. The van der Waals surface area contributed by atoms with Gasteiger partial charge in [-0.15, -0.1) is 0 Å². The average molecular weight is 315 g/mol. The van der Waals surface area contributed by atoms with Crippen molar-refractivity contribution < 1.29 is 19.1 Å². The second kappa shape index (κ2) is 5.72. The van der Waals surface area contributed by atoms with Gasteiger partial charge < -0.3 is 14.5 Å². The Hall–Kier alpha value is -2.30. The van der Waals surface area contributed by atoms with E-state index in [4.69, 9.17) is 9.47 Å². The first-order valence-electron chi connectivity index (χ1n) is 7.87. The van der Waals surface area contributed by atoms with Gasteiger partial charge in [0.05, 0.1) is 19.1 Å². The van der Waals surface area contributed by atoms with E-state index in [1.807, 2.05) is 24.3 Å². The molecule has 1 N–H and O–H groups in total. The number of aromatic nitrogens is 1. The van der Waals surface area contributed by atoms with Crippen LogP contribution in [-0.2, 0) is 25.5 Å². The minimum atomic E-state index is -0.922. The number of benzene rings is 1. The molecule has 0 saturated heterocycles. The van der Waals surface area contributed by atoms with Gasteiger partial charge >= 0.3 is 11.9 Å². The molecule has 0 unspecified atom stereocenters. The number of aryl methyl sites for hydroxylation is 1. The lowest BCUT2D eigenvalue weighted by Gasteiger charge is -2.37. The van der Waals surface area contributed by atoms with Crippen LogP contribution in [0.4, 0.5) is 0 Å². The summed E-state index contributed by atoms with van der Waals surface area (Å²) in [6.07, 6.45) is 1.28. The Morgan fingerprint density at radius 1 is 1.35 bits per heavy atom. The van der Waals surface area contributed by atoms with Crippen LogP contribution in [0.25, 0.3) is 10.9 Å². The van der Waals surface area contributed by atoms with Crippen molar-refractivity contribution in [1.29, 1.82) is 0 Å². The second-order valence-corrected chi connectivity index (χ2v) is 6.16. The fourth-order valence-corrected chi connectivity index (χ4v) is 3.64. The van der Waals surface area contributed by atoms with Gasteiger partial charge in [-0.1, -0.05) is 18.2 Å². The zero-order valence-corrected chi connectivity index (χ0v) is 13.6. The molecule has 0 aliphatic heterocycles. The number of methoxy groups -OCH3 is 1. The Morgan fingerprint density at radius 3 is 2.78 bits per heavy atom. The van der Waals surface area contributed by atoms with E-state index in [1.165, 1.54) is 7.11 Å². The fraction of sp³-hybridized carbons (Fsp3) is 0.444. The maximum absolute atomic E-state index is 12.6. The molecule has 0 amide bonds. The van der Waals surface area contributed by atoms with Crippen molar-refractivity contribution in [3.05, 3.63) is 35.5 Å². The summed E-state index contributed by atoms with van der Waals surface area (Å²) < 4.78 is 10.2. The molecule has 0 spiro atoms. The molecular weight excluding hydrogens is 294 g/mol. The lowest BCUT2D eigenvalue weighted by Crippen LogP contribution is -2.43. The highest BCUT2D eigenvalue weighted by Crippen LogP contribution is 2.48. The summed E-state index contributed by atoms with van der Waals surface area (Å²) in [5.74, 6) is -1.43. The molecule has 0 radical (unpaired) electrons. The van der Waals surface area contributed by atoms with Crippen molar-refractivity contribution in [2.75, 3.05) is 13.7 Å². The van der Waals surface area contributed by atoms with E-state index in [9.17, 15) is 9.59 Å². The van der Waals surface area contributed by atoms with E-state index in [1.54, 1.807) is 13.8 Å². The number of H-pyrrole nitrogens is 1. The highest BCUT2D eigenvalue weighted by Gasteiger charge is 2.52. The molecular formula is C18H21NO4. The monoisotopic (exact) mass is 315 g/mol. The Kier molecular flexibility index (Phi) is 3.88. The number of ether oxygens (including phenoxy) is 2. The highest BCUT2D eigenvalue weighted by atomic mass is 16.5. The minimum absolute atomic E-state index is 0.280. The van der Waals surface area contributed by atoms with Crippen LogP contribution in [0.5, 0.6) is 0 Å². The molecule has 3 rings (SSSR count). The summed E-state index contributed by atoms with van der Waals surface area (Å²) in [5, 5.41) is 1.10. The highest BCUT2D eigenvalue weighted by molar-refractivity contribution is 5.93. The molecule has 122 valence electrons. The van der Waals surface area contributed by atoms with Gasteiger partial charge in [0.15, 0.2) is 0 Å². The summed E-state index contributed by atoms with van der Waals surface area (Å²) in [6.45, 7) is 3.83. The van der Waals surface area contributed by atoms with Crippen molar-refractivity contribution in [3.63, 3.8) is 0 Å². The number of hydrogen-bond donors (Lipinski definition) is 1. The van der Waals surface area contributed by atoms with Crippen LogP contribution in [-0.4, -0.2) is 30.6 Å². The van der Waals surface area contributed by atoms with E-state index in [0.717, 1.165) is 28.6 Å². The number of fused-ring (bicyclic) bond motifs is 3. The van der Waals surface area contributed by atoms with Gasteiger partial charge in [0.25, 0.3) is 0 Å². The first kappa shape index (κ1) is 15.6. The quantitative estimate of drug-likeness (QED) is 0.884. The first-order chi connectivity index (χ1) is 11.0. The maximum atomic E-state index is 12.6. The lowest BCUT2D eigenvalue weighted by atomic mass is 9.67. The van der Waals surface area contributed by atoms with Crippen molar-refractivity contribution in [1.82, 2.24) is 4.98 Å². The van der Waals surface area contributed by atoms with E-state index in [2.05, 4.69) is 4.98 Å². The predicted octanol–water partition coefficient (Wildman–Crippen LogP) is 2.94. The van der Waals surface area contributed by atoms with Crippen LogP contribution in [0.1, 0.15) is 37.4 Å². The molecule has 5 nitrogen and oxygen atoms in total. The molecule has 1 aromatic heterocycles. The summed E-state index contributed by atoms with van der Waals surface area (Å²) >= 11 is 0. The number of nitrogens with one attached hydrogen (secondary N) is 1. The van der Waals surface area contributed by atoms with Crippen molar-refractivity contribution >= 4 is 22.8 Å². The van der Waals surface area contributed by atoms with Gasteiger partial charge in [-0.25, -0.2) is 0 Å². The molecule has 1 aliphatic rings. The van der Waals surface area contributed by atoms with Crippen LogP contribution in [0, 0.1) is 5.41 Å². The molecule has 0 bridgehead atoms. The smallest absolute Gasteiger partial charge is 0.316 e.